The Kier molecular flexibility index (Phi) is 3.80. The quantitative estimate of drug-likeness (QED) is 0.665. The monoisotopic (exact) mass is 324 g/mol. The number of benzene rings is 2. The highest BCUT2D eigenvalue weighted by Gasteiger charge is 2.10. The standard InChI is InChI=1S/C13H10BrFN2O2/c1-8-2-3-10(7-13(8)14)16-11-4-9(15)5-12(6-11)17(18)19/h2-7,16H,1H3. The van der Waals surface area contributed by atoms with Crippen molar-refractivity contribution in [3.05, 3.63) is 62.4 Å². The van der Waals surface area contributed by atoms with Crippen molar-refractivity contribution in [2.24, 2.45) is 0 Å². The Morgan fingerprint density at radius 3 is 2.58 bits per heavy atom. The zero-order valence-electron chi connectivity index (χ0n) is 9.98. The number of anilines is 2. The predicted molar refractivity (Wildman–Crippen MR) is 75.2 cm³/mol. The summed E-state index contributed by atoms with van der Waals surface area (Å²) in [7, 11) is 0. The first-order valence-corrected chi connectivity index (χ1v) is 6.23. The van der Waals surface area contributed by atoms with Crippen molar-refractivity contribution in [2.75, 3.05) is 5.32 Å². The number of hydrogen-bond donors (Lipinski definition) is 1. The molecule has 2 rings (SSSR count). The van der Waals surface area contributed by atoms with Gasteiger partial charge in [-0.05, 0) is 30.7 Å². The van der Waals surface area contributed by atoms with Crippen LogP contribution in [-0.2, 0) is 0 Å². The lowest BCUT2D eigenvalue weighted by molar-refractivity contribution is -0.385. The second-order valence-electron chi connectivity index (χ2n) is 4.04. The summed E-state index contributed by atoms with van der Waals surface area (Å²) in [5, 5.41) is 13.6. The maximum absolute atomic E-state index is 13.3. The van der Waals surface area contributed by atoms with Crippen LogP contribution in [0.3, 0.4) is 0 Å². The summed E-state index contributed by atoms with van der Waals surface area (Å²) in [6, 6.07) is 8.91. The van der Waals surface area contributed by atoms with E-state index in [2.05, 4.69) is 21.2 Å². The van der Waals surface area contributed by atoms with Crippen molar-refractivity contribution in [3.8, 4) is 0 Å². The van der Waals surface area contributed by atoms with Gasteiger partial charge in [0.05, 0.1) is 11.0 Å². The molecule has 0 bridgehead atoms. The Bertz CT molecular complexity index is 647. The summed E-state index contributed by atoms with van der Waals surface area (Å²) in [6.45, 7) is 1.95. The zero-order chi connectivity index (χ0) is 14.0. The molecule has 0 saturated heterocycles. The molecule has 0 unspecified atom stereocenters. The molecular weight excluding hydrogens is 315 g/mol. The first kappa shape index (κ1) is 13.5. The van der Waals surface area contributed by atoms with E-state index in [-0.39, 0.29) is 5.69 Å². The van der Waals surface area contributed by atoms with Gasteiger partial charge < -0.3 is 5.32 Å². The Morgan fingerprint density at radius 2 is 1.95 bits per heavy atom. The number of halogens is 2. The van der Waals surface area contributed by atoms with Crippen LogP contribution in [0, 0.1) is 22.9 Å². The Morgan fingerprint density at radius 1 is 1.21 bits per heavy atom. The summed E-state index contributed by atoms with van der Waals surface area (Å²) in [6.07, 6.45) is 0. The molecular formula is C13H10BrFN2O2. The maximum Gasteiger partial charge on any atom is 0.274 e. The molecule has 6 heteroatoms. The summed E-state index contributed by atoms with van der Waals surface area (Å²) < 4.78 is 14.2. The normalized spacial score (nSPS) is 10.3. The van der Waals surface area contributed by atoms with Gasteiger partial charge in [-0.15, -0.1) is 0 Å². The third-order valence-corrected chi connectivity index (χ3v) is 3.41. The van der Waals surface area contributed by atoms with Crippen molar-refractivity contribution in [2.45, 2.75) is 6.92 Å². The van der Waals surface area contributed by atoms with Gasteiger partial charge in [0.25, 0.3) is 5.69 Å². The third-order valence-electron chi connectivity index (χ3n) is 2.55. The van der Waals surface area contributed by atoms with E-state index in [0.717, 1.165) is 21.8 Å². The minimum Gasteiger partial charge on any atom is -0.355 e. The average molecular weight is 325 g/mol. The van der Waals surface area contributed by atoms with Crippen molar-refractivity contribution < 1.29 is 9.31 Å². The Balaban J connectivity index is 2.32. The molecule has 98 valence electrons. The fourth-order valence-corrected chi connectivity index (χ4v) is 1.97. The third kappa shape index (κ3) is 3.29. The minimum absolute atomic E-state index is 0.284. The second-order valence-corrected chi connectivity index (χ2v) is 4.90. The van der Waals surface area contributed by atoms with Gasteiger partial charge in [-0.1, -0.05) is 22.0 Å². The fraction of sp³-hybridized carbons (Fsp3) is 0.0769. The number of nitrogens with one attached hydrogen (secondary N) is 1. The van der Waals surface area contributed by atoms with Crippen LogP contribution in [0.5, 0.6) is 0 Å². The first-order valence-electron chi connectivity index (χ1n) is 5.44. The number of non-ortho nitro benzene ring substituents is 1. The highest BCUT2D eigenvalue weighted by Crippen LogP contribution is 2.26. The van der Waals surface area contributed by atoms with Crippen molar-refractivity contribution >= 4 is 33.0 Å². The fourth-order valence-electron chi connectivity index (χ4n) is 1.59. The Hall–Kier alpha value is -1.95. The molecule has 0 aliphatic heterocycles. The van der Waals surface area contributed by atoms with E-state index < -0.39 is 10.7 Å². The molecule has 0 spiro atoms. The van der Waals surface area contributed by atoms with Crippen LogP contribution in [0.25, 0.3) is 0 Å². The van der Waals surface area contributed by atoms with Crippen molar-refractivity contribution in [1.82, 2.24) is 0 Å². The van der Waals surface area contributed by atoms with E-state index >= 15 is 0 Å². The smallest absolute Gasteiger partial charge is 0.274 e. The highest BCUT2D eigenvalue weighted by molar-refractivity contribution is 9.10. The van der Waals surface area contributed by atoms with Crippen LogP contribution in [0.1, 0.15) is 5.56 Å². The lowest BCUT2D eigenvalue weighted by atomic mass is 10.2. The highest BCUT2D eigenvalue weighted by atomic mass is 79.9. The van der Waals surface area contributed by atoms with Crippen LogP contribution < -0.4 is 5.32 Å². The second kappa shape index (κ2) is 5.36. The van der Waals surface area contributed by atoms with Gasteiger partial charge >= 0.3 is 0 Å². The molecule has 0 radical (unpaired) electrons. The van der Waals surface area contributed by atoms with Gasteiger partial charge in [0, 0.05) is 21.9 Å². The summed E-state index contributed by atoms with van der Waals surface area (Å²) in [5.74, 6) is -0.650. The molecule has 0 aliphatic carbocycles. The van der Waals surface area contributed by atoms with Gasteiger partial charge in [0.15, 0.2) is 0 Å². The van der Waals surface area contributed by atoms with Crippen LogP contribution in [0.15, 0.2) is 40.9 Å². The molecule has 19 heavy (non-hydrogen) atoms. The summed E-state index contributed by atoms with van der Waals surface area (Å²) in [5.41, 5.74) is 1.84. The Labute approximate surface area is 117 Å². The lowest BCUT2D eigenvalue weighted by Gasteiger charge is -2.08. The van der Waals surface area contributed by atoms with Crippen LogP contribution in [0.2, 0.25) is 0 Å². The number of rotatable bonds is 3. The first-order chi connectivity index (χ1) is 8.95. The topological polar surface area (TPSA) is 55.2 Å². The molecule has 0 aromatic heterocycles. The molecule has 0 heterocycles. The number of nitro benzene ring substituents is 1. The van der Waals surface area contributed by atoms with Crippen LogP contribution >= 0.6 is 15.9 Å². The number of hydrogen-bond acceptors (Lipinski definition) is 3. The SMILES string of the molecule is Cc1ccc(Nc2cc(F)cc([N+](=O)[O-])c2)cc1Br. The van der Waals surface area contributed by atoms with E-state index in [1.807, 2.05) is 25.1 Å². The molecule has 0 aliphatic rings. The predicted octanol–water partition coefficient (Wildman–Crippen LogP) is 4.55. The van der Waals surface area contributed by atoms with E-state index in [1.54, 1.807) is 0 Å². The van der Waals surface area contributed by atoms with E-state index in [1.165, 1.54) is 12.1 Å². The van der Waals surface area contributed by atoms with Crippen molar-refractivity contribution in [1.29, 1.82) is 0 Å². The number of aryl methyl sites for hydroxylation is 1. The van der Waals surface area contributed by atoms with Gasteiger partial charge in [-0.25, -0.2) is 4.39 Å². The van der Waals surface area contributed by atoms with Gasteiger partial charge in [0.2, 0.25) is 0 Å². The molecule has 4 nitrogen and oxygen atoms in total. The van der Waals surface area contributed by atoms with Gasteiger partial charge in [-0.2, -0.15) is 0 Å². The van der Waals surface area contributed by atoms with Gasteiger partial charge in [-0.3, -0.25) is 10.1 Å². The molecule has 0 saturated carbocycles. The molecule has 0 fully saturated rings. The molecule has 2 aromatic rings. The average Bonchev–Trinajstić information content (AvgIpc) is 2.33. The van der Waals surface area contributed by atoms with E-state index in [0.29, 0.717) is 5.69 Å². The molecule has 0 atom stereocenters. The maximum atomic E-state index is 13.3. The largest absolute Gasteiger partial charge is 0.355 e. The molecule has 0 amide bonds. The number of nitro groups is 1. The summed E-state index contributed by atoms with van der Waals surface area (Å²) >= 11 is 3.39. The van der Waals surface area contributed by atoms with Gasteiger partial charge in [0.1, 0.15) is 5.82 Å². The zero-order valence-corrected chi connectivity index (χ0v) is 11.6. The van der Waals surface area contributed by atoms with E-state index in [4.69, 9.17) is 0 Å². The molecule has 2 aromatic carbocycles. The van der Waals surface area contributed by atoms with Crippen LogP contribution in [-0.4, -0.2) is 4.92 Å². The van der Waals surface area contributed by atoms with E-state index in [9.17, 15) is 14.5 Å². The summed E-state index contributed by atoms with van der Waals surface area (Å²) in [4.78, 5) is 10.0. The molecule has 1 N–H and O–H groups in total. The minimum atomic E-state index is -0.650. The van der Waals surface area contributed by atoms with Crippen molar-refractivity contribution in [3.63, 3.8) is 0 Å². The lowest BCUT2D eigenvalue weighted by Crippen LogP contribution is -1.95. The number of nitrogens with zero attached hydrogens (tertiary/aromatic N) is 1. The van der Waals surface area contributed by atoms with Crippen LogP contribution in [0.4, 0.5) is 21.5 Å².